The number of rotatable bonds is 15. The summed E-state index contributed by atoms with van der Waals surface area (Å²) in [6, 6.07) is 50.7. The predicted octanol–water partition coefficient (Wildman–Crippen LogP) is 8.56. The zero-order valence-electron chi connectivity index (χ0n) is 34.7. The normalized spacial score (nSPS) is 22.2. The topological polar surface area (TPSA) is 111 Å². The average molecular weight is 814 g/mol. The van der Waals surface area contributed by atoms with E-state index in [9.17, 15) is 5.11 Å². The van der Waals surface area contributed by atoms with Gasteiger partial charge in [-0.3, -0.25) is 14.4 Å². The summed E-state index contributed by atoms with van der Waals surface area (Å²) in [4.78, 5) is 48.6. The van der Waals surface area contributed by atoms with Crippen molar-refractivity contribution in [3.63, 3.8) is 0 Å². The molecule has 1 aliphatic carbocycles. The standard InChI is InChI=1S/C53H51NO7/c1-59-43-28-16-13-25-38(43)46(35-19-7-4-8-20-35)49(55)52(50(56)47(36-21-9-5-10-22-36)39-26-14-17-29-44(39)60-2)31-32-53(58,42-34-54-33-41(42)52)51(57)48(37-23-11-6-12-24-37)40-27-15-18-30-45(40)61-3/h4-30,41-42,46-48,54,58H,31-34H2,1-3H3/t41-,42+,46?,47?,48?,52?,53-/m0/s1. The van der Waals surface area contributed by atoms with Crippen molar-refractivity contribution in [2.45, 2.75) is 36.2 Å². The molecule has 8 heteroatoms. The van der Waals surface area contributed by atoms with E-state index in [1.54, 1.807) is 21.3 Å². The lowest BCUT2D eigenvalue weighted by atomic mass is 9.49. The molecule has 8 rings (SSSR count). The zero-order chi connectivity index (χ0) is 42.6. The average Bonchev–Trinajstić information content (AvgIpc) is 3.83. The third-order valence-electron chi connectivity index (χ3n) is 13.2. The largest absolute Gasteiger partial charge is 0.496 e. The van der Waals surface area contributed by atoms with E-state index < -0.39 is 46.4 Å². The number of carbonyl (C=O) groups is 3. The van der Waals surface area contributed by atoms with Crippen molar-refractivity contribution >= 4 is 17.3 Å². The van der Waals surface area contributed by atoms with Gasteiger partial charge in [-0.1, -0.05) is 146 Å². The van der Waals surface area contributed by atoms with Crippen LogP contribution in [-0.4, -0.2) is 62.5 Å². The molecule has 6 aromatic carbocycles. The van der Waals surface area contributed by atoms with Crippen LogP contribution in [0.1, 0.15) is 64.0 Å². The summed E-state index contributed by atoms with van der Waals surface area (Å²) in [5.74, 6) is -3.79. The molecule has 1 saturated carbocycles. The maximum Gasteiger partial charge on any atom is 0.176 e. The molecule has 0 amide bonds. The number of hydrogen-bond acceptors (Lipinski definition) is 8. The van der Waals surface area contributed by atoms with Crippen LogP contribution in [0, 0.1) is 17.3 Å². The molecular formula is C53H51NO7. The minimum absolute atomic E-state index is 0.0832. The van der Waals surface area contributed by atoms with E-state index in [0.717, 1.165) is 0 Å². The number of Topliss-reactive ketones (excluding diaryl/α,β-unsaturated/α-hetero) is 3. The van der Waals surface area contributed by atoms with Gasteiger partial charge >= 0.3 is 0 Å². The Kier molecular flexibility index (Phi) is 12.0. The Labute approximate surface area is 357 Å². The molecule has 1 saturated heterocycles. The second kappa shape index (κ2) is 17.7. The van der Waals surface area contributed by atoms with Crippen molar-refractivity contribution in [3.8, 4) is 17.2 Å². The van der Waals surface area contributed by atoms with Crippen LogP contribution < -0.4 is 19.5 Å². The van der Waals surface area contributed by atoms with Crippen molar-refractivity contribution in [2.24, 2.45) is 17.3 Å². The van der Waals surface area contributed by atoms with Crippen LogP contribution >= 0.6 is 0 Å². The van der Waals surface area contributed by atoms with Crippen molar-refractivity contribution in [2.75, 3.05) is 34.4 Å². The Morgan fingerprint density at radius 3 is 1.18 bits per heavy atom. The minimum Gasteiger partial charge on any atom is -0.496 e. The summed E-state index contributed by atoms with van der Waals surface area (Å²) in [6.07, 6.45) is -0.217. The number of aliphatic hydroxyl groups is 1. The number of benzene rings is 6. The van der Waals surface area contributed by atoms with Gasteiger partial charge in [0.2, 0.25) is 0 Å². The molecule has 2 aliphatic rings. The van der Waals surface area contributed by atoms with Crippen molar-refractivity contribution in [1.82, 2.24) is 5.32 Å². The van der Waals surface area contributed by atoms with Gasteiger partial charge < -0.3 is 24.6 Å². The van der Waals surface area contributed by atoms with E-state index in [1.165, 1.54) is 0 Å². The Balaban J connectivity index is 1.35. The van der Waals surface area contributed by atoms with E-state index in [-0.39, 0.29) is 37.5 Å². The first-order valence-corrected chi connectivity index (χ1v) is 20.9. The fraction of sp³-hybridized carbons (Fsp3) is 0.264. The summed E-state index contributed by atoms with van der Waals surface area (Å²) < 4.78 is 17.6. The Bertz CT molecular complexity index is 2390. The van der Waals surface area contributed by atoms with Gasteiger partial charge in [0.1, 0.15) is 22.8 Å². The van der Waals surface area contributed by atoms with Crippen LogP contribution in [0.3, 0.4) is 0 Å². The summed E-state index contributed by atoms with van der Waals surface area (Å²) in [6.45, 7) is 0.446. The number of nitrogens with one attached hydrogen (secondary N) is 1. The fourth-order valence-electron chi connectivity index (χ4n) is 10.3. The molecule has 0 bridgehead atoms. The van der Waals surface area contributed by atoms with Crippen LogP contribution in [0.2, 0.25) is 0 Å². The number of carbonyl (C=O) groups excluding carboxylic acids is 3. The van der Waals surface area contributed by atoms with Crippen molar-refractivity contribution in [3.05, 3.63) is 197 Å². The Morgan fingerprint density at radius 2 is 0.803 bits per heavy atom. The molecule has 0 spiro atoms. The quantitative estimate of drug-likeness (QED) is 0.0994. The highest BCUT2D eigenvalue weighted by Crippen LogP contribution is 2.58. The lowest BCUT2D eigenvalue weighted by Gasteiger charge is -2.52. The fourth-order valence-corrected chi connectivity index (χ4v) is 10.3. The molecule has 2 fully saturated rings. The maximum atomic E-state index is 16.5. The number of methoxy groups -OCH3 is 3. The van der Waals surface area contributed by atoms with Crippen LogP contribution in [0.5, 0.6) is 17.2 Å². The van der Waals surface area contributed by atoms with Crippen LogP contribution in [0.15, 0.2) is 164 Å². The molecule has 3 unspecified atom stereocenters. The summed E-state index contributed by atoms with van der Waals surface area (Å²) in [7, 11) is 4.72. The Hall–Kier alpha value is -6.35. The second-order valence-corrected chi connectivity index (χ2v) is 16.1. The third-order valence-corrected chi connectivity index (χ3v) is 13.2. The number of para-hydroxylation sites is 3. The molecule has 6 aromatic rings. The minimum atomic E-state index is -1.93. The SMILES string of the molecule is COc1ccccc1C(C(=O)C1(C(=O)C(c2ccccc2)c2ccccc2OC)CC[C@@](O)(C(=O)C(c2ccccc2)c2ccccc2OC)[C@@H]2CNC[C@@H]21)c1ccccc1. The van der Waals surface area contributed by atoms with Gasteiger partial charge in [-0.25, -0.2) is 0 Å². The molecular weight excluding hydrogens is 763 g/mol. The number of ether oxygens (including phenoxy) is 3. The highest BCUT2D eigenvalue weighted by molar-refractivity contribution is 6.15. The molecule has 0 aromatic heterocycles. The predicted molar refractivity (Wildman–Crippen MR) is 235 cm³/mol. The number of hydrogen-bond donors (Lipinski definition) is 2. The first-order valence-electron chi connectivity index (χ1n) is 20.9. The van der Waals surface area contributed by atoms with E-state index in [4.69, 9.17) is 14.2 Å². The number of ketones is 3. The van der Waals surface area contributed by atoms with Gasteiger partial charge in [-0.15, -0.1) is 0 Å². The smallest absolute Gasteiger partial charge is 0.176 e. The van der Waals surface area contributed by atoms with Crippen LogP contribution in [-0.2, 0) is 14.4 Å². The molecule has 310 valence electrons. The molecule has 1 aliphatic heterocycles. The third kappa shape index (κ3) is 7.34. The molecule has 8 nitrogen and oxygen atoms in total. The van der Waals surface area contributed by atoms with Gasteiger partial charge in [0.15, 0.2) is 17.3 Å². The van der Waals surface area contributed by atoms with Gasteiger partial charge in [-0.2, -0.15) is 0 Å². The van der Waals surface area contributed by atoms with Gasteiger partial charge in [-0.05, 0) is 60.2 Å². The highest BCUT2D eigenvalue weighted by Gasteiger charge is 2.67. The molecule has 6 atom stereocenters. The first kappa shape index (κ1) is 41.4. The van der Waals surface area contributed by atoms with Crippen LogP contribution in [0.4, 0.5) is 0 Å². The van der Waals surface area contributed by atoms with Gasteiger partial charge in [0.25, 0.3) is 0 Å². The molecule has 2 N–H and O–H groups in total. The summed E-state index contributed by atoms with van der Waals surface area (Å²) in [5.41, 5.74) is 0.354. The molecule has 0 radical (unpaired) electrons. The van der Waals surface area contributed by atoms with Crippen molar-refractivity contribution in [1.29, 1.82) is 0 Å². The lowest BCUT2D eigenvalue weighted by molar-refractivity contribution is -0.169. The molecule has 1 heterocycles. The number of fused-ring (bicyclic) bond motifs is 1. The van der Waals surface area contributed by atoms with E-state index in [0.29, 0.717) is 50.6 Å². The second-order valence-electron chi connectivity index (χ2n) is 16.1. The van der Waals surface area contributed by atoms with Gasteiger partial charge in [0.05, 0.1) is 44.5 Å². The molecule has 61 heavy (non-hydrogen) atoms. The monoisotopic (exact) mass is 813 g/mol. The van der Waals surface area contributed by atoms with E-state index >= 15 is 14.4 Å². The maximum absolute atomic E-state index is 16.5. The first-order chi connectivity index (χ1) is 29.8. The van der Waals surface area contributed by atoms with Crippen LogP contribution in [0.25, 0.3) is 0 Å². The summed E-state index contributed by atoms with van der Waals surface area (Å²) in [5, 5.41) is 16.8. The van der Waals surface area contributed by atoms with E-state index in [2.05, 4.69) is 5.32 Å². The van der Waals surface area contributed by atoms with Gasteiger partial charge in [0, 0.05) is 29.2 Å². The Morgan fingerprint density at radius 1 is 0.475 bits per heavy atom. The van der Waals surface area contributed by atoms with Crippen molar-refractivity contribution < 1.29 is 33.7 Å². The highest BCUT2D eigenvalue weighted by atomic mass is 16.5. The lowest BCUT2D eigenvalue weighted by Crippen LogP contribution is -2.63. The summed E-state index contributed by atoms with van der Waals surface area (Å²) >= 11 is 0. The van der Waals surface area contributed by atoms with E-state index in [1.807, 2.05) is 164 Å². The zero-order valence-corrected chi connectivity index (χ0v) is 34.7.